The van der Waals surface area contributed by atoms with Crippen LogP contribution in [0.2, 0.25) is 0 Å². The average molecular weight is 261 g/mol. The molecule has 0 bridgehead atoms. The lowest BCUT2D eigenvalue weighted by Gasteiger charge is -2.16. The van der Waals surface area contributed by atoms with E-state index < -0.39 is 0 Å². The molecule has 0 amide bonds. The molecule has 0 aliphatic rings. The Balaban J connectivity index is 2.04. The monoisotopic (exact) mass is 261 g/mol. The first-order chi connectivity index (χ1) is 8.72. The fourth-order valence-electron chi connectivity index (χ4n) is 2.03. The van der Waals surface area contributed by atoms with Crippen LogP contribution in [0.25, 0.3) is 0 Å². The molecule has 2 nitrogen and oxygen atoms in total. The van der Waals surface area contributed by atoms with Crippen molar-refractivity contribution in [1.29, 1.82) is 0 Å². The van der Waals surface area contributed by atoms with E-state index in [9.17, 15) is 5.11 Å². The third-order valence-electron chi connectivity index (χ3n) is 3.16. The van der Waals surface area contributed by atoms with E-state index >= 15 is 0 Å². The van der Waals surface area contributed by atoms with Crippen LogP contribution in [0.3, 0.4) is 0 Å². The lowest BCUT2D eigenvalue weighted by Crippen LogP contribution is -2.19. The molecule has 0 fully saturated rings. The van der Waals surface area contributed by atoms with Gasteiger partial charge in [0, 0.05) is 23.0 Å². The molecule has 1 unspecified atom stereocenters. The summed E-state index contributed by atoms with van der Waals surface area (Å²) in [5, 5.41) is 15.6. The number of hydrogen-bond acceptors (Lipinski definition) is 3. The van der Waals surface area contributed by atoms with E-state index in [-0.39, 0.29) is 0 Å². The van der Waals surface area contributed by atoms with Gasteiger partial charge in [-0.1, -0.05) is 31.2 Å². The Hall–Kier alpha value is -1.32. The third kappa shape index (κ3) is 2.92. The molecule has 1 heterocycles. The second kappa shape index (κ2) is 6.03. The van der Waals surface area contributed by atoms with Crippen molar-refractivity contribution in [2.45, 2.75) is 32.9 Å². The minimum absolute atomic E-state index is 0.366. The van der Waals surface area contributed by atoms with E-state index in [0.29, 0.717) is 18.3 Å². The van der Waals surface area contributed by atoms with Gasteiger partial charge in [0.25, 0.3) is 0 Å². The molecule has 2 aromatic rings. The van der Waals surface area contributed by atoms with Crippen LogP contribution in [0.5, 0.6) is 5.75 Å². The number of phenolic OH excluding ortho intramolecular Hbond substituents is 1. The van der Waals surface area contributed by atoms with Crippen molar-refractivity contribution in [3.63, 3.8) is 0 Å². The Morgan fingerprint density at radius 1 is 1.28 bits per heavy atom. The standard InChI is InChI=1S/C15H19NOS/c1-3-13(14-8-5-9-18-14)16-10-12-7-4-6-11(2)15(12)17/h4-9,13,16-17H,3,10H2,1-2H3. The second-order valence-electron chi connectivity index (χ2n) is 4.44. The van der Waals surface area contributed by atoms with Gasteiger partial charge in [-0.3, -0.25) is 0 Å². The molecular formula is C15H19NOS. The maximum absolute atomic E-state index is 9.98. The van der Waals surface area contributed by atoms with E-state index in [2.05, 4.69) is 29.8 Å². The van der Waals surface area contributed by atoms with Crippen molar-refractivity contribution in [3.8, 4) is 5.75 Å². The number of rotatable bonds is 5. The van der Waals surface area contributed by atoms with Crippen LogP contribution < -0.4 is 5.32 Å². The Morgan fingerprint density at radius 3 is 2.78 bits per heavy atom. The van der Waals surface area contributed by atoms with E-state index in [4.69, 9.17) is 0 Å². The number of phenols is 1. The van der Waals surface area contributed by atoms with Gasteiger partial charge in [-0.05, 0) is 30.4 Å². The van der Waals surface area contributed by atoms with Gasteiger partial charge < -0.3 is 10.4 Å². The fourth-order valence-corrected chi connectivity index (χ4v) is 2.92. The van der Waals surface area contributed by atoms with Crippen LogP contribution in [0.15, 0.2) is 35.7 Å². The summed E-state index contributed by atoms with van der Waals surface area (Å²) in [5.74, 6) is 0.408. The molecule has 0 radical (unpaired) electrons. The zero-order chi connectivity index (χ0) is 13.0. The molecule has 1 aromatic heterocycles. The fraction of sp³-hybridized carbons (Fsp3) is 0.333. The highest BCUT2D eigenvalue weighted by atomic mass is 32.1. The molecule has 96 valence electrons. The van der Waals surface area contributed by atoms with Gasteiger partial charge in [-0.2, -0.15) is 0 Å². The van der Waals surface area contributed by atoms with Crippen molar-refractivity contribution in [3.05, 3.63) is 51.7 Å². The Morgan fingerprint density at radius 2 is 2.11 bits per heavy atom. The zero-order valence-corrected chi connectivity index (χ0v) is 11.6. The predicted molar refractivity (Wildman–Crippen MR) is 77.0 cm³/mol. The molecule has 3 heteroatoms. The van der Waals surface area contributed by atoms with Crippen LogP contribution in [-0.4, -0.2) is 5.11 Å². The first-order valence-electron chi connectivity index (χ1n) is 6.26. The Labute approximate surface area is 112 Å². The summed E-state index contributed by atoms with van der Waals surface area (Å²) < 4.78 is 0. The number of para-hydroxylation sites is 1. The maximum atomic E-state index is 9.98. The number of aryl methyl sites for hydroxylation is 1. The number of nitrogens with one attached hydrogen (secondary N) is 1. The van der Waals surface area contributed by atoms with Crippen molar-refractivity contribution in [1.82, 2.24) is 5.32 Å². The highest BCUT2D eigenvalue weighted by Crippen LogP contribution is 2.25. The minimum Gasteiger partial charge on any atom is -0.507 e. The smallest absolute Gasteiger partial charge is 0.122 e. The highest BCUT2D eigenvalue weighted by Gasteiger charge is 2.11. The molecule has 0 aliphatic carbocycles. The number of benzene rings is 1. The largest absolute Gasteiger partial charge is 0.507 e. The summed E-state index contributed by atoms with van der Waals surface area (Å²) in [6, 6.07) is 10.5. The van der Waals surface area contributed by atoms with E-state index in [1.54, 1.807) is 11.3 Å². The topological polar surface area (TPSA) is 32.3 Å². The first-order valence-corrected chi connectivity index (χ1v) is 7.14. The van der Waals surface area contributed by atoms with E-state index in [1.165, 1.54) is 4.88 Å². The van der Waals surface area contributed by atoms with Gasteiger partial charge in [0.2, 0.25) is 0 Å². The van der Waals surface area contributed by atoms with Crippen molar-refractivity contribution >= 4 is 11.3 Å². The Bertz CT molecular complexity index is 493. The predicted octanol–water partition coefficient (Wildman–Crippen LogP) is 4.00. The van der Waals surface area contributed by atoms with Crippen molar-refractivity contribution < 1.29 is 5.11 Å². The summed E-state index contributed by atoms with van der Waals surface area (Å²) >= 11 is 1.77. The van der Waals surface area contributed by atoms with E-state index in [0.717, 1.165) is 17.5 Å². The molecule has 1 aromatic carbocycles. The van der Waals surface area contributed by atoms with Gasteiger partial charge in [0.05, 0.1) is 0 Å². The highest BCUT2D eigenvalue weighted by molar-refractivity contribution is 7.10. The SMILES string of the molecule is CCC(NCc1cccc(C)c1O)c1cccs1. The summed E-state index contributed by atoms with van der Waals surface area (Å²) in [4.78, 5) is 1.35. The lowest BCUT2D eigenvalue weighted by atomic mass is 10.1. The molecular weight excluding hydrogens is 242 g/mol. The molecule has 1 atom stereocenters. The summed E-state index contributed by atoms with van der Waals surface area (Å²) in [7, 11) is 0. The second-order valence-corrected chi connectivity index (χ2v) is 5.42. The van der Waals surface area contributed by atoms with Gasteiger partial charge in [0.15, 0.2) is 0 Å². The molecule has 0 saturated heterocycles. The molecule has 0 spiro atoms. The molecule has 0 saturated carbocycles. The summed E-state index contributed by atoms with van der Waals surface area (Å²) in [6.07, 6.45) is 1.05. The quantitative estimate of drug-likeness (QED) is 0.852. The van der Waals surface area contributed by atoms with Crippen molar-refractivity contribution in [2.75, 3.05) is 0 Å². The van der Waals surface area contributed by atoms with Crippen LogP contribution in [0, 0.1) is 6.92 Å². The average Bonchev–Trinajstić information content (AvgIpc) is 2.89. The summed E-state index contributed by atoms with van der Waals surface area (Å²) in [6.45, 7) is 4.80. The van der Waals surface area contributed by atoms with Gasteiger partial charge in [-0.15, -0.1) is 11.3 Å². The molecule has 0 aliphatic heterocycles. The normalized spacial score (nSPS) is 12.6. The third-order valence-corrected chi connectivity index (χ3v) is 4.14. The number of hydrogen-bond donors (Lipinski definition) is 2. The zero-order valence-electron chi connectivity index (χ0n) is 10.8. The molecule has 2 N–H and O–H groups in total. The first kappa shape index (κ1) is 13.1. The van der Waals surface area contributed by atoms with Gasteiger partial charge >= 0.3 is 0 Å². The van der Waals surface area contributed by atoms with E-state index in [1.807, 2.05) is 25.1 Å². The van der Waals surface area contributed by atoms with Crippen LogP contribution in [0.4, 0.5) is 0 Å². The number of aromatic hydroxyl groups is 1. The van der Waals surface area contributed by atoms with Crippen LogP contribution in [-0.2, 0) is 6.54 Å². The molecule has 18 heavy (non-hydrogen) atoms. The van der Waals surface area contributed by atoms with Gasteiger partial charge in [0.1, 0.15) is 5.75 Å². The summed E-state index contributed by atoms with van der Waals surface area (Å²) in [5.41, 5.74) is 1.89. The number of thiophene rings is 1. The lowest BCUT2D eigenvalue weighted by molar-refractivity contribution is 0.452. The van der Waals surface area contributed by atoms with Crippen molar-refractivity contribution in [2.24, 2.45) is 0 Å². The maximum Gasteiger partial charge on any atom is 0.122 e. The van der Waals surface area contributed by atoms with Gasteiger partial charge in [-0.25, -0.2) is 0 Å². The minimum atomic E-state index is 0.366. The van der Waals surface area contributed by atoms with Crippen LogP contribution >= 0.6 is 11.3 Å². The molecule has 2 rings (SSSR count). The Kier molecular flexibility index (Phi) is 4.39. The van der Waals surface area contributed by atoms with Crippen LogP contribution in [0.1, 0.15) is 35.4 Å².